The highest BCUT2D eigenvalue weighted by atomic mass is 32.1. The Morgan fingerprint density at radius 3 is 2.80 bits per heavy atom. The van der Waals surface area contributed by atoms with Gasteiger partial charge in [0.2, 0.25) is 0 Å². The van der Waals surface area contributed by atoms with Crippen molar-refractivity contribution in [3.05, 3.63) is 16.3 Å². The predicted octanol–water partition coefficient (Wildman–Crippen LogP) is 2.71. The largest absolute Gasteiger partial charge is 0.493 e. The molecule has 1 aromatic rings. The number of aryl methyl sites for hydroxylation is 1. The fraction of sp³-hybridized carbons (Fsp3) is 0.500. The van der Waals surface area contributed by atoms with Crippen molar-refractivity contribution >= 4 is 11.3 Å². The highest BCUT2D eigenvalue weighted by molar-refractivity contribution is 7.10. The van der Waals surface area contributed by atoms with Crippen LogP contribution in [0.25, 0.3) is 0 Å². The number of hydrogen-bond donors (Lipinski definition) is 0. The number of rotatable bonds is 3. The van der Waals surface area contributed by atoms with Crippen LogP contribution in [0.2, 0.25) is 0 Å². The van der Waals surface area contributed by atoms with E-state index in [9.17, 15) is 0 Å². The molecular weight excluding hydrogens is 144 g/mol. The van der Waals surface area contributed by atoms with Crippen molar-refractivity contribution < 1.29 is 4.74 Å². The summed E-state index contributed by atoms with van der Waals surface area (Å²) in [6, 6.07) is 2.11. The highest BCUT2D eigenvalue weighted by Gasteiger charge is 1.95. The van der Waals surface area contributed by atoms with E-state index in [4.69, 9.17) is 4.74 Å². The Balaban J connectivity index is 2.59. The first-order valence-electron chi connectivity index (χ1n) is 3.57. The monoisotopic (exact) mass is 156 g/mol. The lowest BCUT2D eigenvalue weighted by Crippen LogP contribution is -1.87. The molecule has 0 aromatic carbocycles. The van der Waals surface area contributed by atoms with E-state index in [1.54, 1.807) is 11.3 Å². The average molecular weight is 156 g/mol. The topological polar surface area (TPSA) is 9.23 Å². The number of ether oxygens (including phenoxy) is 1. The fourth-order valence-electron chi connectivity index (χ4n) is 0.788. The zero-order valence-corrected chi connectivity index (χ0v) is 7.20. The molecule has 0 fully saturated rings. The number of hydrogen-bond acceptors (Lipinski definition) is 2. The summed E-state index contributed by atoms with van der Waals surface area (Å²) in [5.74, 6) is 1.02. The molecule has 56 valence electrons. The van der Waals surface area contributed by atoms with Crippen LogP contribution in [0.4, 0.5) is 0 Å². The van der Waals surface area contributed by atoms with E-state index in [0.717, 1.165) is 18.8 Å². The van der Waals surface area contributed by atoms with Gasteiger partial charge in [0.1, 0.15) is 5.75 Å². The Morgan fingerprint density at radius 1 is 1.50 bits per heavy atom. The summed E-state index contributed by atoms with van der Waals surface area (Å²) in [4.78, 5) is 1.39. The lowest BCUT2D eigenvalue weighted by atomic mass is 10.4. The minimum Gasteiger partial charge on any atom is -0.493 e. The standard InChI is InChI=1S/C8H12OS/c1-3-8-5-7(6-10-8)9-4-2/h5-6H,3-4H2,1-2H3. The third-order valence-corrected chi connectivity index (χ3v) is 2.35. The van der Waals surface area contributed by atoms with Crippen LogP contribution in [0.1, 0.15) is 18.7 Å². The molecule has 0 bridgehead atoms. The summed E-state index contributed by atoms with van der Waals surface area (Å²) in [6.45, 7) is 4.92. The van der Waals surface area contributed by atoms with E-state index < -0.39 is 0 Å². The van der Waals surface area contributed by atoms with Gasteiger partial charge >= 0.3 is 0 Å². The summed E-state index contributed by atoms with van der Waals surface area (Å²) in [5.41, 5.74) is 0. The summed E-state index contributed by atoms with van der Waals surface area (Å²) in [5, 5.41) is 2.06. The zero-order valence-electron chi connectivity index (χ0n) is 6.39. The van der Waals surface area contributed by atoms with Gasteiger partial charge in [0, 0.05) is 10.3 Å². The van der Waals surface area contributed by atoms with Crippen LogP contribution >= 0.6 is 11.3 Å². The van der Waals surface area contributed by atoms with E-state index in [0.29, 0.717) is 0 Å². The smallest absolute Gasteiger partial charge is 0.130 e. The molecule has 1 nitrogen and oxygen atoms in total. The van der Waals surface area contributed by atoms with Crippen LogP contribution in [-0.2, 0) is 6.42 Å². The minimum atomic E-state index is 0.764. The van der Waals surface area contributed by atoms with Crippen LogP contribution in [0, 0.1) is 0 Å². The molecular formula is C8H12OS. The van der Waals surface area contributed by atoms with Gasteiger partial charge in [-0.3, -0.25) is 0 Å². The van der Waals surface area contributed by atoms with Gasteiger partial charge in [-0.15, -0.1) is 11.3 Å². The summed E-state index contributed by atoms with van der Waals surface area (Å²) < 4.78 is 5.30. The van der Waals surface area contributed by atoms with Crippen molar-refractivity contribution in [3.8, 4) is 5.75 Å². The minimum absolute atomic E-state index is 0.764. The predicted molar refractivity (Wildman–Crippen MR) is 44.9 cm³/mol. The Bertz CT molecular complexity index is 193. The maximum absolute atomic E-state index is 5.30. The molecule has 0 aliphatic heterocycles. The van der Waals surface area contributed by atoms with Gasteiger partial charge < -0.3 is 4.74 Å². The third-order valence-electron chi connectivity index (χ3n) is 1.29. The van der Waals surface area contributed by atoms with E-state index in [1.807, 2.05) is 6.92 Å². The van der Waals surface area contributed by atoms with Gasteiger partial charge in [-0.05, 0) is 19.4 Å². The van der Waals surface area contributed by atoms with Crippen LogP contribution in [0.15, 0.2) is 11.4 Å². The summed E-state index contributed by atoms with van der Waals surface area (Å²) in [7, 11) is 0. The van der Waals surface area contributed by atoms with Gasteiger partial charge in [0.15, 0.2) is 0 Å². The first kappa shape index (κ1) is 7.61. The maximum atomic E-state index is 5.30. The van der Waals surface area contributed by atoms with Gasteiger partial charge in [0.25, 0.3) is 0 Å². The summed E-state index contributed by atoms with van der Waals surface area (Å²) >= 11 is 1.76. The molecule has 0 N–H and O–H groups in total. The van der Waals surface area contributed by atoms with Crippen LogP contribution < -0.4 is 4.74 Å². The molecule has 0 atom stereocenters. The highest BCUT2D eigenvalue weighted by Crippen LogP contribution is 2.21. The first-order chi connectivity index (χ1) is 4.86. The van der Waals surface area contributed by atoms with E-state index >= 15 is 0 Å². The van der Waals surface area contributed by atoms with E-state index in [-0.39, 0.29) is 0 Å². The van der Waals surface area contributed by atoms with Gasteiger partial charge in [0.05, 0.1) is 6.61 Å². The van der Waals surface area contributed by atoms with Gasteiger partial charge in [-0.2, -0.15) is 0 Å². The van der Waals surface area contributed by atoms with E-state index in [1.165, 1.54) is 4.88 Å². The van der Waals surface area contributed by atoms with Crippen molar-refractivity contribution in [2.45, 2.75) is 20.3 Å². The zero-order chi connectivity index (χ0) is 7.40. The molecule has 1 rings (SSSR count). The lowest BCUT2D eigenvalue weighted by Gasteiger charge is -1.95. The SMILES string of the molecule is CCOc1csc(CC)c1. The Labute approximate surface area is 65.6 Å². The fourth-order valence-corrected chi connectivity index (χ4v) is 1.54. The van der Waals surface area contributed by atoms with Gasteiger partial charge in [-0.1, -0.05) is 6.92 Å². The molecule has 0 aliphatic carbocycles. The molecule has 0 amide bonds. The molecule has 1 aromatic heterocycles. The average Bonchev–Trinajstić information content (AvgIpc) is 2.37. The Hall–Kier alpha value is -0.500. The molecule has 2 heteroatoms. The second-order valence-electron chi connectivity index (χ2n) is 2.04. The summed E-state index contributed by atoms with van der Waals surface area (Å²) in [6.07, 6.45) is 1.11. The first-order valence-corrected chi connectivity index (χ1v) is 4.45. The normalized spacial score (nSPS) is 9.80. The van der Waals surface area contributed by atoms with Crippen LogP contribution in [0.3, 0.4) is 0 Å². The van der Waals surface area contributed by atoms with Gasteiger partial charge in [-0.25, -0.2) is 0 Å². The number of thiophene rings is 1. The molecule has 0 spiro atoms. The molecule has 10 heavy (non-hydrogen) atoms. The second-order valence-corrected chi connectivity index (χ2v) is 3.03. The Morgan fingerprint density at radius 2 is 2.30 bits per heavy atom. The van der Waals surface area contributed by atoms with Crippen molar-refractivity contribution in [2.75, 3.05) is 6.61 Å². The van der Waals surface area contributed by atoms with Crippen molar-refractivity contribution in [2.24, 2.45) is 0 Å². The molecule has 0 saturated heterocycles. The molecule has 0 aliphatic rings. The maximum Gasteiger partial charge on any atom is 0.130 e. The third kappa shape index (κ3) is 1.74. The molecule has 0 unspecified atom stereocenters. The molecule has 1 heterocycles. The quantitative estimate of drug-likeness (QED) is 0.653. The van der Waals surface area contributed by atoms with Crippen LogP contribution in [0.5, 0.6) is 5.75 Å². The van der Waals surface area contributed by atoms with Crippen molar-refractivity contribution in [1.82, 2.24) is 0 Å². The Kier molecular flexibility index (Phi) is 2.75. The van der Waals surface area contributed by atoms with Crippen molar-refractivity contribution in [3.63, 3.8) is 0 Å². The molecule has 0 radical (unpaired) electrons. The van der Waals surface area contributed by atoms with Crippen molar-refractivity contribution in [1.29, 1.82) is 0 Å². The lowest BCUT2D eigenvalue weighted by molar-refractivity contribution is 0.341. The van der Waals surface area contributed by atoms with E-state index in [2.05, 4.69) is 18.4 Å². The second kappa shape index (κ2) is 3.62. The molecule has 0 saturated carbocycles. The van der Waals surface area contributed by atoms with Crippen LogP contribution in [-0.4, -0.2) is 6.61 Å².